The molecule has 0 saturated carbocycles. The second kappa shape index (κ2) is 7.52. The quantitative estimate of drug-likeness (QED) is 0.685. The zero-order valence-corrected chi connectivity index (χ0v) is 15.6. The molecule has 0 radical (unpaired) electrons. The van der Waals surface area contributed by atoms with Crippen molar-refractivity contribution in [1.29, 1.82) is 0 Å². The summed E-state index contributed by atoms with van der Waals surface area (Å²) in [6, 6.07) is 9.82. The van der Waals surface area contributed by atoms with Crippen LogP contribution >= 0.6 is 0 Å². The average molecular weight is 379 g/mol. The van der Waals surface area contributed by atoms with Gasteiger partial charge in [0.05, 0.1) is 5.39 Å². The molecule has 0 saturated heterocycles. The van der Waals surface area contributed by atoms with Crippen LogP contribution in [-0.4, -0.2) is 34.0 Å². The minimum absolute atomic E-state index is 0.0000643. The number of pyridine rings is 1. The van der Waals surface area contributed by atoms with Crippen LogP contribution in [0.1, 0.15) is 40.2 Å². The van der Waals surface area contributed by atoms with E-state index in [4.69, 9.17) is 4.74 Å². The van der Waals surface area contributed by atoms with E-state index in [1.807, 2.05) is 30.3 Å². The number of ketones is 1. The summed E-state index contributed by atoms with van der Waals surface area (Å²) in [5.74, 6) is -0.0268. The van der Waals surface area contributed by atoms with E-state index in [1.54, 1.807) is 7.11 Å². The highest BCUT2D eigenvalue weighted by Crippen LogP contribution is 2.34. The molecule has 0 amide bonds. The number of rotatable bonds is 5. The molecule has 0 unspecified atom stereocenters. The van der Waals surface area contributed by atoms with Gasteiger partial charge < -0.3 is 4.74 Å². The van der Waals surface area contributed by atoms with Crippen molar-refractivity contribution in [2.45, 2.75) is 31.7 Å². The molecule has 0 fully saturated rings. The lowest BCUT2D eigenvalue weighted by atomic mass is 9.79. The molecule has 0 bridgehead atoms. The summed E-state index contributed by atoms with van der Waals surface area (Å²) in [5, 5.41) is 0.337. The number of fused-ring (bicyclic) bond motifs is 3. The first kappa shape index (κ1) is 18.3. The molecule has 1 atom stereocenters. The van der Waals surface area contributed by atoms with E-state index in [2.05, 4.69) is 9.97 Å². The van der Waals surface area contributed by atoms with Crippen molar-refractivity contribution >= 4 is 16.8 Å². The van der Waals surface area contributed by atoms with Gasteiger partial charge in [-0.25, -0.2) is 9.78 Å². The number of nitrogens with one attached hydrogen (secondary N) is 1. The maximum absolute atomic E-state index is 12.7. The van der Waals surface area contributed by atoms with Gasteiger partial charge in [0.25, 0.3) is 5.56 Å². The lowest BCUT2D eigenvalue weighted by Crippen LogP contribution is -2.33. The highest BCUT2D eigenvalue weighted by atomic mass is 16.5. The number of Topliss-reactive ketones (excluding diaryl/α,β-unsaturated/α-hetero) is 1. The lowest BCUT2D eigenvalue weighted by molar-refractivity contribution is 0.0964. The number of methoxy groups -OCH3 is 1. The second-order valence-electron chi connectivity index (χ2n) is 7.05. The van der Waals surface area contributed by atoms with Crippen LogP contribution in [0.25, 0.3) is 11.0 Å². The summed E-state index contributed by atoms with van der Waals surface area (Å²) in [6.07, 6.45) is 3.06. The van der Waals surface area contributed by atoms with Crippen LogP contribution < -0.4 is 11.2 Å². The fourth-order valence-corrected chi connectivity index (χ4v) is 3.94. The van der Waals surface area contributed by atoms with Crippen molar-refractivity contribution in [3.63, 3.8) is 0 Å². The summed E-state index contributed by atoms with van der Waals surface area (Å²) < 4.78 is 6.51. The molecule has 4 rings (SSSR count). The Morgan fingerprint density at radius 1 is 1.18 bits per heavy atom. The highest BCUT2D eigenvalue weighted by molar-refractivity contribution is 6.02. The Bertz CT molecular complexity index is 1150. The minimum Gasteiger partial charge on any atom is -0.385 e. The predicted molar refractivity (Wildman–Crippen MR) is 105 cm³/mol. The third-order valence-electron chi connectivity index (χ3n) is 5.30. The molecule has 28 heavy (non-hydrogen) atoms. The van der Waals surface area contributed by atoms with Crippen LogP contribution in [0.5, 0.6) is 0 Å². The van der Waals surface area contributed by atoms with Crippen molar-refractivity contribution in [2.75, 3.05) is 13.7 Å². The Morgan fingerprint density at radius 3 is 2.71 bits per heavy atom. The molecular formula is C21H21N3O4. The van der Waals surface area contributed by atoms with Crippen LogP contribution in [0, 0.1) is 0 Å². The normalized spacial score (nSPS) is 16.3. The van der Waals surface area contributed by atoms with E-state index in [-0.39, 0.29) is 11.7 Å². The molecule has 1 N–H and O–H groups in total. The van der Waals surface area contributed by atoms with E-state index in [0.29, 0.717) is 54.6 Å². The number of aryl methyl sites for hydroxylation is 1. The maximum atomic E-state index is 12.7. The minimum atomic E-state index is -0.497. The van der Waals surface area contributed by atoms with Crippen LogP contribution in [0.2, 0.25) is 0 Å². The van der Waals surface area contributed by atoms with Gasteiger partial charge in [-0.2, -0.15) is 0 Å². The van der Waals surface area contributed by atoms with E-state index in [1.165, 1.54) is 10.8 Å². The van der Waals surface area contributed by atoms with Gasteiger partial charge in [-0.1, -0.05) is 30.3 Å². The zero-order valence-electron chi connectivity index (χ0n) is 15.6. The van der Waals surface area contributed by atoms with E-state index in [9.17, 15) is 14.4 Å². The third-order valence-corrected chi connectivity index (χ3v) is 5.30. The summed E-state index contributed by atoms with van der Waals surface area (Å²) in [6.45, 7) is 0.869. The third kappa shape index (κ3) is 3.18. The number of carbonyl (C=O) groups is 1. The molecule has 7 heteroatoms. The number of hydrogen-bond donors (Lipinski definition) is 1. The second-order valence-corrected chi connectivity index (χ2v) is 7.05. The molecule has 0 spiro atoms. The van der Waals surface area contributed by atoms with Crippen LogP contribution in [-0.2, 0) is 17.7 Å². The van der Waals surface area contributed by atoms with Gasteiger partial charge in [-0.3, -0.25) is 19.1 Å². The highest BCUT2D eigenvalue weighted by Gasteiger charge is 2.29. The van der Waals surface area contributed by atoms with E-state index >= 15 is 0 Å². The Labute approximate surface area is 161 Å². The molecule has 7 nitrogen and oxygen atoms in total. The molecule has 2 heterocycles. The van der Waals surface area contributed by atoms with Crippen molar-refractivity contribution in [3.8, 4) is 0 Å². The fraction of sp³-hybridized carbons (Fsp3) is 0.333. The predicted octanol–water partition coefficient (Wildman–Crippen LogP) is 2.03. The molecule has 2 aromatic heterocycles. The van der Waals surface area contributed by atoms with Crippen LogP contribution in [0.15, 0.2) is 46.1 Å². The monoisotopic (exact) mass is 379 g/mol. The topological polar surface area (TPSA) is 94.1 Å². The summed E-state index contributed by atoms with van der Waals surface area (Å²) >= 11 is 0. The number of benzene rings is 1. The van der Waals surface area contributed by atoms with Crippen molar-refractivity contribution in [1.82, 2.24) is 14.5 Å². The number of ether oxygens (including phenoxy) is 1. The number of H-pyrrole nitrogens is 1. The van der Waals surface area contributed by atoms with Crippen molar-refractivity contribution in [2.24, 2.45) is 0 Å². The Hall–Kier alpha value is -3.06. The standard InChI is InChI=1S/C21H21N3O4/c1-28-9-5-8-24-19-18(20(26)23-21(24)27)15-10-14(13-6-3-2-4-7-13)11-17(25)16(15)12-22-19/h2-4,6-7,12,14H,5,8-11H2,1H3,(H,23,26,27)/t14-/m1/s1. The first-order chi connectivity index (χ1) is 13.6. The smallest absolute Gasteiger partial charge is 0.329 e. The lowest BCUT2D eigenvalue weighted by Gasteiger charge is -2.25. The molecule has 3 aromatic rings. The maximum Gasteiger partial charge on any atom is 0.329 e. The Balaban J connectivity index is 1.87. The van der Waals surface area contributed by atoms with E-state index < -0.39 is 11.2 Å². The van der Waals surface area contributed by atoms with Gasteiger partial charge in [0.15, 0.2) is 5.78 Å². The van der Waals surface area contributed by atoms with Gasteiger partial charge in [0.1, 0.15) is 5.65 Å². The number of nitrogens with zero attached hydrogens (tertiary/aromatic N) is 2. The van der Waals surface area contributed by atoms with Crippen LogP contribution in [0.4, 0.5) is 0 Å². The van der Waals surface area contributed by atoms with Crippen LogP contribution in [0.3, 0.4) is 0 Å². The molecule has 0 aliphatic heterocycles. The SMILES string of the molecule is COCCCn1c(=O)[nH]c(=O)c2c3c(cnc21)C(=O)C[C@H](c1ccccc1)C3. The number of carbonyl (C=O) groups excluding carboxylic acids is 1. The average Bonchev–Trinajstić information content (AvgIpc) is 2.70. The van der Waals surface area contributed by atoms with E-state index in [0.717, 1.165) is 5.56 Å². The van der Waals surface area contributed by atoms with Crippen molar-refractivity contribution in [3.05, 3.63) is 74.1 Å². The van der Waals surface area contributed by atoms with Gasteiger partial charge in [-0.05, 0) is 29.9 Å². The molecular weight excluding hydrogens is 358 g/mol. The largest absolute Gasteiger partial charge is 0.385 e. The Kier molecular flexibility index (Phi) is 4.92. The number of aromatic nitrogens is 3. The van der Waals surface area contributed by atoms with Gasteiger partial charge >= 0.3 is 5.69 Å². The fourth-order valence-electron chi connectivity index (χ4n) is 3.94. The summed E-state index contributed by atoms with van der Waals surface area (Å²) in [7, 11) is 1.59. The van der Waals surface area contributed by atoms with Gasteiger partial charge in [0, 0.05) is 38.4 Å². The van der Waals surface area contributed by atoms with Gasteiger partial charge in [0.2, 0.25) is 0 Å². The zero-order chi connectivity index (χ0) is 19.7. The Morgan fingerprint density at radius 2 is 1.96 bits per heavy atom. The first-order valence-electron chi connectivity index (χ1n) is 9.32. The molecule has 1 aliphatic carbocycles. The molecule has 1 aromatic carbocycles. The summed E-state index contributed by atoms with van der Waals surface area (Å²) in [5.41, 5.74) is 1.56. The molecule has 144 valence electrons. The van der Waals surface area contributed by atoms with Crippen molar-refractivity contribution < 1.29 is 9.53 Å². The number of aromatic amines is 1. The summed E-state index contributed by atoms with van der Waals surface area (Å²) in [4.78, 5) is 44.4. The number of hydrogen-bond acceptors (Lipinski definition) is 5. The first-order valence-corrected chi connectivity index (χ1v) is 9.32. The molecule has 1 aliphatic rings. The van der Waals surface area contributed by atoms with Gasteiger partial charge in [-0.15, -0.1) is 0 Å².